The monoisotopic (exact) mass is 427 g/mol. The zero-order chi connectivity index (χ0) is 21.5. The summed E-state index contributed by atoms with van der Waals surface area (Å²) in [6, 6.07) is 19.9. The topological polar surface area (TPSA) is 59.2 Å². The Kier molecular flexibility index (Phi) is 4.87. The largest absolute Gasteiger partial charge is 0.334 e. The molecule has 0 fully saturated rings. The number of aromatic nitrogens is 2. The number of carbonyl (C=O) groups excluding carboxylic acids is 1. The summed E-state index contributed by atoms with van der Waals surface area (Å²) in [5.41, 5.74) is 5.70. The van der Waals surface area contributed by atoms with Crippen LogP contribution in [0.1, 0.15) is 28.4 Å². The van der Waals surface area contributed by atoms with Crippen LogP contribution in [0, 0.1) is 13.8 Å². The minimum atomic E-state index is 0.0220. The third-order valence-electron chi connectivity index (χ3n) is 5.30. The molecular weight excluding hydrogens is 406 g/mol. The van der Waals surface area contributed by atoms with Gasteiger partial charge < -0.3 is 9.42 Å². The molecule has 1 amide bonds. The second kappa shape index (κ2) is 7.71. The zero-order valence-corrected chi connectivity index (χ0v) is 18.4. The van der Waals surface area contributed by atoms with Gasteiger partial charge in [-0.05, 0) is 63.2 Å². The summed E-state index contributed by atoms with van der Waals surface area (Å²) in [5, 5.41) is 4.22. The summed E-state index contributed by atoms with van der Waals surface area (Å²) in [6.07, 6.45) is 0. The molecule has 2 heterocycles. The van der Waals surface area contributed by atoms with Gasteiger partial charge in [-0.15, -0.1) is 0 Å². The Bertz CT molecular complexity index is 1290. The van der Waals surface area contributed by atoms with Crippen LogP contribution in [0.15, 0.2) is 75.0 Å². The van der Waals surface area contributed by atoms with Gasteiger partial charge >= 0.3 is 0 Å². The molecular formula is C25H21N3O2S. The van der Waals surface area contributed by atoms with Gasteiger partial charge in [-0.2, -0.15) is 4.98 Å². The summed E-state index contributed by atoms with van der Waals surface area (Å²) < 4.78 is 5.57. The summed E-state index contributed by atoms with van der Waals surface area (Å²) >= 11 is 1.59. The summed E-state index contributed by atoms with van der Waals surface area (Å²) in [6.45, 7) is 6.69. The molecule has 0 aliphatic carbocycles. The number of benzene rings is 3. The molecule has 0 N–H and O–H groups in total. The fraction of sp³-hybridized carbons (Fsp3) is 0.160. The number of carbonyl (C=O) groups is 1. The zero-order valence-electron chi connectivity index (χ0n) is 17.5. The molecule has 5 nitrogen and oxygen atoms in total. The molecule has 6 heteroatoms. The first kappa shape index (κ1) is 19.6. The van der Waals surface area contributed by atoms with E-state index in [0.717, 1.165) is 43.3 Å². The van der Waals surface area contributed by atoms with Crippen LogP contribution in [-0.2, 0) is 0 Å². The van der Waals surface area contributed by atoms with Crippen LogP contribution in [0.4, 0.5) is 5.69 Å². The Morgan fingerprint density at radius 1 is 0.935 bits per heavy atom. The van der Waals surface area contributed by atoms with Crippen molar-refractivity contribution in [3.05, 3.63) is 77.4 Å². The Labute approximate surface area is 185 Å². The Hall–Kier alpha value is -3.38. The number of rotatable bonds is 3. The van der Waals surface area contributed by atoms with Gasteiger partial charge in [0, 0.05) is 27.5 Å². The highest BCUT2D eigenvalue weighted by atomic mass is 32.2. The predicted octanol–water partition coefficient (Wildman–Crippen LogP) is 6.15. The average molecular weight is 428 g/mol. The number of amides is 1. The van der Waals surface area contributed by atoms with Crippen molar-refractivity contribution >= 4 is 23.4 Å². The predicted molar refractivity (Wildman–Crippen MR) is 123 cm³/mol. The third-order valence-corrected chi connectivity index (χ3v) is 6.43. The Morgan fingerprint density at radius 3 is 2.48 bits per heavy atom. The van der Waals surface area contributed by atoms with E-state index in [1.165, 1.54) is 0 Å². The molecule has 0 saturated heterocycles. The lowest BCUT2D eigenvalue weighted by atomic mass is 10.1. The molecule has 0 spiro atoms. The SMILES string of the molecule is CCN1C(=O)c2ccccc2Sc2cc(-c3noc(-c4cc(C)cc(C)c4)n3)ccc21. The first-order valence-corrected chi connectivity index (χ1v) is 11.0. The molecule has 0 atom stereocenters. The van der Waals surface area contributed by atoms with Crippen molar-refractivity contribution in [3.8, 4) is 22.8 Å². The van der Waals surface area contributed by atoms with Crippen LogP contribution in [0.2, 0.25) is 0 Å². The highest BCUT2D eigenvalue weighted by molar-refractivity contribution is 7.99. The molecule has 4 aromatic rings. The van der Waals surface area contributed by atoms with Crippen LogP contribution in [0.5, 0.6) is 0 Å². The van der Waals surface area contributed by atoms with Gasteiger partial charge in [0.05, 0.1) is 11.3 Å². The van der Waals surface area contributed by atoms with Gasteiger partial charge in [0.2, 0.25) is 5.82 Å². The summed E-state index contributed by atoms with van der Waals surface area (Å²) in [4.78, 5) is 21.5. The van der Waals surface area contributed by atoms with E-state index in [4.69, 9.17) is 4.52 Å². The molecule has 1 aromatic heterocycles. The van der Waals surface area contributed by atoms with E-state index in [0.29, 0.717) is 18.3 Å². The van der Waals surface area contributed by atoms with Crippen LogP contribution < -0.4 is 4.90 Å². The van der Waals surface area contributed by atoms with E-state index in [2.05, 4.69) is 30.1 Å². The third kappa shape index (κ3) is 3.53. The number of hydrogen-bond acceptors (Lipinski definition) is 5. The average Bonchev–Trinajstić information content (AvgIpc) is 3.21. The first-order chi connectivity index (χ1) is 15.0. The number of hydrogen-bond donors (Lipinski definition) is 0. The fourth-order valence-electron chi connectivity index (χ4n) is 3.93. The smallest absolute Gasteiger partial charge is 0.259 e. The molecule has 0 bridgehead atoms. The molecule has 154 valence electrons. The lowest BCUT2D eigenvalue weighted by Crippen LogP contribution is -2.30. The molecule has 0 unspecified atom stereocenters. The van der Waals surface area contributed by atoms with E-state index in [-0.39, 0.29) is 5.91 Å². The van der Waals surface area contributed by atoms with Gasteiger partial charge in [-0.1, -0.05) is 46.2 Å². The normalized spacial score (nSPS) is 13.0. The maximum atomic E-state index is 13.1. The molecule has 1 aliphatic rings. The van der Waals surface area contributed by atoms with E-state index < -0.39 is 0 Å². The Balaban J connectivity index is 1.56. The maximum absolute atomic E-state index is 13.1. The second-order valence-corrected chi connectivity index (χ2v) is 8.71. The first-order valence-electron chi connectivity index (χ1n) is 10.2. The minimum Gasteiger partial charge on any atom is -0.334 e. The molecule has 1 aliphatic heterocycles. The highest BCUT2D eigenvalue weighted by Gasteiger charge is 2.26. The lowest BCUT2D eigenvalue weighted by molar-refractivity contribution is 0.0985. The van der Waals surface area contributed by atoms with Crippen molar-refractivity contribution < 1.29 is 9.32 Å². The molecule has 3 aromatic carbocycles. The van der Waals surface area contributed by atoms with Gasteiger partial charge in [0.15, 0.2) is 0 Å². The minimum absolute atomic E-state index is 0.0220. The van der Waals surface area contributed by atoms with Crippen LogP contribution in [-0.4, -0.2) is 22.6 Å². The van der Waals surface area contributed by atoms with Crippen molar-refractivity contribution in [1.82, 2.24) is 10.1 Å². The quantitative estimate of drug-likeness (QED) is 0.392. The molecule has 31 heavy (non-hydrogen) atoms. The van der Waals surface area contributed by atoms with E-state index in [9.17, 15) is 4.79 Å². The fourth-order valence-corrected chi connectivity index (χ4v) is 5.05. The number of nitrogens with zero attached hydrogens (tertiary/aromatic N) is 3. The molecule has 5 rings (SSSR count). The van der Waals surface area contributed by atoms with Gasteiger partial charge in [-0.3, -0.25) is 4.79 Å². The van der Waals surface area contributed by atoms with Crippen molar-refractivity contribution in [2.45, 2.75) is 30.6 Å². The van der Waals surface area contributed by atoms with Crippen LogP contribution >= 0.6 is 11.8 Å². The Morgan fingerprint density at radius 2 is 1.71 bits per heavy atom. The van der Waals surface area contributed by atoms with Crippen molar-refractivity contribution in [1.29, 1.82) is 0 Å². The van der Waals surface area contributed by atoms with Gasteiger partial charge in [0.1, 0.15) is 0 Å². The summed E-state index contributed by atoms with van der Waals surface area (Å²) in [5.74, 6) is 1.05. The molecule has 0 radical (unpaired) electrons. The highest BCUT2D eigenvalue weighted by Crippen LogP contribution is 2.42. The maximum Gasteiger partial charge on any atom is 0.259 e. The number of anilines is 1. The number of fused-ring (bicyclic) bond motifs is 2. The van der Waals surface area contributed by atoms with Gasteiger partial charge in [-0.25, -0.2) is 0 Å². The van der Waals surface area contributed by atoms with E-state index >= 15 is 0 Å². The second-order valence-electron chi connectivity index (χ2n) is 7.63. The van der Waals surface area contributed by atoms with Crippen LogP contribution in [0.3, 0.4) is 0 Å². The lowest BCUT2D eigenvalue weighted by Gasteiger charge is -2.21. The van der Waals surface area contributed by atoms with Crippen LogP contribution in [0.25, 0.3) is 22.8 Å². The summed E-state index contributed by atoms with van der Waals surface area (Å²) in [7, 11) is 0. The van der Waals surface area contributed by atoms with Crippen molar-refractivity contribution in [3.63, 3.8) is 0 Å². The van der Waals surface area contributed by atoms with Crippen molar-refractivity contribution in [2.75, 3.05) is 11.4 Å². The number of aryl methyl sites for hydroxylation is 2. The van der Waals surface area contributed by atoms with Crippen molar-refractivity contribution in [2.24, 2.45) is 0 Å². The standard InChI is InChI=1S/C25H21N3O2S/c1-4-28-20-10-9-17(14-22(20)31-21-8-6-5-7-19(21)25(28)29)23-26-24(30-27-23)18-12-15(2)11-16(3)13-18/h5-14H,4H2,1-3H3. The van der Waals surface area contributed by atoms with E-state index in [1.54, 1.807) is 11.8 Å². The molecule has 0 saturated carbocycles. The van der Waals surface area contributed by atoms with Gasteiger partial charge in [0.25, 0.3) is 11.8 Å². The van der Waals surface area contributed by atoms with E-state index in [1.807, 2.05) is 66.4 Å².